The van der Waals surface area contributed by atoms with E-state index in [-0.39, 0.29) is 29.0 Å². The lowest BCUT2D eigenvalue weighted by molar-refractivity contribution is 0.247. The monoisotopic (exact) mass is 357 g/mol. The van der Waals surface area contributed by atoms with Crippen molar-refractivity contribution in [3.05, 3.63) is 87.9 Å². The first kappa shape index (κ1) is 18.1. The molecule has 0 saturated heterocycles. The Morgan fingerprint density at radius 1 is 1.23 bits per heavy atom. The number of hydrogen-bond acceptors (Lipinski definition) is 2. The number of nitrogens with zero attached hydrogens (tertiary/aromatic N) is 1. The smallest absolute Gasteiger partial charge is 0.257 e. The van der Waals surface area contributed by atoms with Crippen molar-refractivity contribution < 1.29 is 13.5 Å². The molecule has 1 aromatic heterocycles. The lowest BCUT2D eigenvalue weighted by atomic mass is 9.90. The fourth-order valence-electron chi connectivity index (χ4n) is 3.00. The van der Waals surface area contributed by atoms with Gasteiger partial charge in [-0.3, -0.25) is 4.79 Å². The normalized spacial score (nSPS) is 19.3. The molecule has 0 saturated carbocycles. The van der Waals surface area contributed by atoms with Crippen molar-refractivity contribution in [3.63, 3.8) is 0 Å². The average Bonchev–Trinajstić information content (AvgIpc) is 2.60. The molecule has 5 heteroatoms. The lowest BCUT2D eigenvalue weighted by Crippen LogP contribution is -2.24. The Morgan fingerprint density at radius 2 is 2.04 bits per heavy atom. The third-order valence-corrected chi connectivity index (χ3v) is 4.63. The maximum Gasteiger partial charge on any atom is 0.257 e. The Labute approximate surface area is 151 Å². The van der Waals surface area contributed by atoms with Crippen molar-refractivity contribution in [2.75, 3.05) is 6.61 Å². The van der Waals surface area contributed by atoms with Gasteiger partial charge in [0.1, 0.15) is 17.4 Å². The molecule has 3 nitrogen and oxygen atoms in total. The predicted octanol–water partition coefficient (Wildman–Crippen LogP) is 4.40. The molecule has 3 rings (SSSR count). The van der Waals surface area contributed by atoms with Crippen LogP contribution in [0.25, 0.3) is 0 Å². The zero-order valence-electron chi connectivity index (χ0n) is 14.8. The Kier molecular flexibility index (Phi) is 5.35. The van der Waals surface area contributed by atoms with Crippen molar-refractivity contribution in [2.24, 2.45) is 11.8 Å². The van der Waals surface area contributed by atoms with Crippen LogP contribution in [-0.4, -0.2) is 11.2 Å². The quantitative estimate of drug-likeness (QED) is 0.794. The molecule has 2 aromatic rings. The van der Waals surface area contributed by atoms with Gasteiger partial charge in [-0.25, -0.2) is 8.78 Å². The summed E-state index contributed by atoms with van der Waals surface area (Å²) in [6.45, 7) is 4.31. The van der Waals surface area contributed by atoms with E-state index in [1.54, 1.807) is 43.5 Å². The SMILES string of the molecule is Cc1c(OCC2C=CC(F)=CC2C)ccn(Cc2cccc(F)c2)c1=O. The molecule has 1 heterocycles. The van der Waals surface area contributed by atoms with Gasteiger partial charge in [-0.05, 0) is 48.8 Å². The van der Waals surface area contributed by atoms with E-state index in [2.05, 4.69) is 0 Å². The molecule has 0 amide bonds. The fraction of sp³-hybridized carbons (Fsp3) is 0.286. The molecule has 2 atom stereocenters. The van der Waals surface area contributed by atoms with Crippen LogP contribution in [0.3, 0.4) is 0 Å². The van der Waals surface area contributed by atoms with Gasteiger partial charge in [0.25, 0.3) is 5.56 Å². The van der Waals surface area contributed by atoms with E-state index in [9.17, 15) is 13.6 Å². The number of aromatic nitrogens is 1. The van der Waals surface area contributed by atoms with Crippen molar-refractivity contribution in [2.45, 2.75) is 20.4 Å². The summed E-state index contributed by atoms with van der Waals surface area (Å²) >= 11 is 0. The van der Waals surface area contributed by atoms with Crippen LogP contribution in [0, 0.1) is 24.6 Å². The first-order valence-electron chi connectivity index (χ1n) is 8.57. The molecule has 0 aliphatic heterocycles. The number of hydrogen-bond donors (Lipinski definition) is 0. The summed E-state index contributed by atoms with van der Waals surface area (Å²) in [6, 6.07) is 7.92. The van der Waals surface area contributed by atoms with Crippen LogP contribution in [0.15, 0.2) is 65.4 Å². The van der Waals surface area contributed by atoms with Gasteiger partial charge < -0.3 is 9.30 Å². The molecule has 1 aromatic carbocycles. The van der Waals surface area contributed by atoms with Crippen LogP contribution in [0.5, 0.6) is 5.75 Å². The summed E-state index contributed by atoms with van der Waals surface area (Å²) in [5.41, 5.74) is 1.04. The van der Waals surface area contributed by atoms with E-state index in [1.165, 1.54) is 22.8 Å². The van der Waals surface area contributed by atoms with Crippen LogP contribution in [0.4, 0.5) is 8.78 Å². The van der Waals surface area contributed by atoms with E-state index >= 15 is 0 Å². The summed E-state index contributed by atoms with van der Waals surface area (Å²) in [6.07, 6.45) is 6.45. The molecule has 0 spiro atoms. The van der Waals surface area contributed by atoms with E-state index in [0.717, 1.165) is 5.56 Å². The number of rotatable bonds is 5. The standard InChI is InChI=1S/C21H21F2NO2/c1-14-10-19(23)7-6-17(14)13-26-20-8-9-24(21(25)15(20)2)12-16-4-3-5-18(22)11-16/h3-11,14,17H,12-13H2,1-2H3. The van der Waals surface area contributed by atoms with Crippen molar-refractivity contribution in [3.8, 4) is 5.75 Å². The highest BCUT2D eigenvalue weighted by molar-refractivity contribution is 5.30. The molecular weight excluding hydrogens is 336 g/mol. The average molecular weight is 357 g/mol. The molecular formula is C21H21F2NO2. The highest BCUT2D eigenvalue weighted by Gasteiger charge is 2.18. The van der Waals surface area contributed by atoms with Gasteiger partial charge in [-0.2, -0.15) is 0 Å². The van der Waals surface area contributed by atoms with Gasteiger partial charge in [0, 0.05) is 12.1 Å². The zero-order chi connectivity index (χ0) is 18.7. The number of pyridine rings is 1. The maximum atomic E-state index is 13.3. The number of allylic oxidation sites excluding steroid dienone is 3. The van der Waals surface area contributed by atoms with Crippen LogP contribution >= 0.6 is 0 Å². The minimum atomic E-state index is -0.327. The molecule has 26 heavy (non-hydrogen) atoms. The van der Waals surface area contributed by atoms with E-state index < -0.39 is 0 Å². The largest absolute Gasteiger partial charge is 0.492 e. The van der Waals surface area contributed by atoms with E-state index in [1.807, 2.05) is 6.92 Å². The minimum Gasteiger partial charge on any atom is -0.492 e. The van der Waals surface area contributed by atoms with Gasteiger partial charge in [-0.1, -0.05) is 25.1 Å². The fourth-order valence-corrected chi connectivity index (χ4v) is 3.00. The van der Waals surface area contributed by atoms with E-state index in [4.69, 9.17) is 4.74 Å². The number of halogens is 2. The molecule has 0 N–H and O–H groups in total. The minimum absolute atomic E-state index is 0.0358. The van der Waals surface area contributed by atoms with Gasteiger partial charge in [0.05, 0.1) is 18.7 Å². The van der Waals surface area contributed by atoms with Gasteiger partial charge in [0.15, 0.2) is 0 Å². The second kappa shape index (κ2) is 7.68. The topological polar surface area (TPSA) is 31.2 Å². The molecule has 1 aliphatic carbocycles. The summed E-state index contributed by atoms with van der Waals surface area (Å²) in [5, 5.41) is 0. The highest BCUT2D eigenvalue weighted by Crippen LogP contribution is 2.25. The van der Waals surface area contributed by atoms with Crippen molar-refractivity contribution in [1.82, 2.24) is 4.57 Å². The third-order valence-electron chi connectivity index (χ3n) is 4.63. The summed E-state index contributed by atoms with van der Waals surface area (Å²) < 4.78 is 33.8. The van der Waals surface area contributed by atoms with Crippen LogP contribution in [0.1, 0.15) is 18.1 Å². The van der Waals surface area contributed by atoms with Crippen LogP contribution < -0.4 is 10.3 Å². The van der Waals surface area contributed by atoms with Crippen molar-refractivity contribution in [1.29, 1.82) is 0 Å². The van der Waals surface area contributed by atoms with E-state index in [0.29, 0.717) is 24.5 Å². The zero-order valence-corrected chi connectivity index (χ0v) is 14.8. The number of benzene rings is 1. The number of ether oxygens (including phenoxy) is 1. The summed E-state index contributed by atoms with van der Waals surface area (Å²) in [4.78, 5) is 12.6. The second-order valence-electron chi connectivity index (χ2n) is 6.61. The Balaban J connectivity index is 1.71. The van der Waals surface area contributed by atoms with Crippen molar-refractivity contribution >= 4 is 0 Å². The van der Waals surface area contributed by atoms with Gasteiger partial charge in [-0.15, -0.1) is 0 Å². The first-order chi connectivity index (χ1) is 12.4. The molecule has 0 radical (unpaired) electrons. The highest BCUT2D eigenvalue weighted by atomic mass is 19.1. The Morgan fingerprint density at radius 3 is 2.77 bits per heavy atom. The maximum absolute atomic E-state index is 13.3. The Bertz CT molecular complexity index is 914. The van der Waals surface area contributed by atoms with Gasteiger partial charge in [0.2, 0.25) is 0 Å². The second-order valence-corrected chi connectivity index (χ2v) is 6.61. The summed E-state index contributed by atoms with van der Waals surface area (Å²) in [7, 11) is 0. The first-order valence-corrected chi connectivity index (χ1v) is 8.57. The molecule has 0 bridgehead atoms. The molecule has 2 unspecified atom stereocenters. The lowest BCUT2D eigenvalue weighted by Gasteiger charge is -2.22. The molecule has 0 fully saturated rings. The third kappa shape index (κ3) is 4.10. The summed E-state index contributed by atoms with van der Waals surface area (Å²) in [5.74, 6) is 0.0515. The van der Waals surface area contributed by atoms with Crippen LogP contribution in [0.2, 0.25) is 0 Å². The Hall–Kier alpha value is -2.69. The molecule has 136 valence electrons. The van der Waals surface area contributed by atoms with Crippen LogP contribution in [-0.2, 0) is 6.54 Å². The predicted molar refractivity (Wildman–Crippen MR) is 97.4 cm³/mol. The molecule has 1 aliphatic rings. The van der Waals surface area contributed by atoms with Gasteiger partial charge >= 0.3 is 0 Å².